The van der Waals surface area contributed by atoms with Gasteiger partial charge in [-0.3, -0.25) is 9.69 Å². The maximum atomic E-state index is 13.2. The number of hydrogen-bond acceptors (Lipinski definition) is 3. The van der Waals surface area contributed by atoms with Gasteiger partial charge in [-0.05, 0) is 49.3 Å². The van der Waals surface area contributed by atoms with E-state index in [4.69, 9.17) is 4.98 Å². The molecule has 1 aliphatic carbocycles. The van der Waals surface area contributed by atoms with Gasteiger partial charge in [0.1, 0.15) is 5.65 Å². The lowest BCUT2D eigenvalue weighted by Gasteiger charge is -2.52. The van der Waals surface area contributed by atoms with Gasteiger partial charge in [0.15, 0.2) is 0 Å². The van der Waals surface area contributed by atoms with Crippen LogP contribution in [0.1, 0.15) is 69.5 Å². The predicted octanol–water partition coefficient (Wildman–Crippen LogP) is 5.49. The number of rotatable bonds is 5. The zero-order valence-corrected chi connectivity index (χ0v) is 20.5. The van der Waals surface area contributed by atoms with E-state index in [1.54, 1.807) is 0 Å². The highest BCUT2D eigenvalue weighted by molar-refractivity contribution is 5.79. The molecule has 4 fully saturated rings. The van der Waals surface area contributed by atoms with E-state index in [9.17, 15) is 4.79 Å². The maximum Gasteiger partial charge on any atom is 0.226 e. The van der Waals surface area contributed by atoms with Gasteiger partial charge >= 0.3 is 0 Å². The number of carbonyl (C=O) groups excluding carboxylic acids is 1. The van der Waals surface area contributed by atoms with Crippen molar-refractivity contribution in [2.24, 2.45) is 5.92 Å². The summed E-state index contributed by atoms with van der Waals surface area (Å²) in [6.07, 6.45) is 9.11. The quantitative estimate of drug-likeness (QED) is 0.510. The number of piperidine rings is 2. The van der Waals surface area contributed by atoms with E-state index in [1.807, 2.05) is 0 Å². The molecule has 0 radical (unpaired) electrons. The molecule has 5 nitrogen and oxygen atoms in total. The van der Waals surface area contributed by atoms with Gasteiger partial charge < -0.3 is 9.30 Å². The summed E-state index contributed by atoms with van der Waals surface area (Å²) in [5, 5.41) is 0. The standard InChI is InChI=1S/C29H36N4O/c1-20(2)21-10-12-22(13-11-21)28-26(32-16-6-5-9-27(32)30-28)19-31-17-25-15-14-24(31)18-33(25)29(34)23-7-3-4-8-23/h5-6,9-13,16,20,23-25H,3-4,7-8,14-15,17-19H2,1-2H3. The number of hydrogen-bond donors (Lipinski definition) is 0. The smallest absolute Gasteiger partial charge is 0.226 e. The summed E-state index contributed by atoms with van der Waals surface area (Å²) in [7, 11) is 0. The molecule has 34 heavy (non-hydrogen) atoms. The van der Waals surface area contributed by atoms with Crippen molar-refractivity contribution in [3.8, 4) is 11.3 Å². The molecule has 1 aromatic carbocycles. The van der Waals surface area contributed by atoms with Crippen LogP contribution in [0.5, 0.6) is 0 Å². The summed E-state index contributed by atoms with van der Waals surface area (Å²) in [6, 6.07) is 16.0. The summed E-state index contributed by atoms with van der Waals surface area (Å²) in [5.41, 5.74) is 5.88. The van der Waals surface area contributed by atoms with Crippen molar-refractivity contribution in [3.63, 3.8) is 0 Å². The Hall–Kier alpha value is -2.66. The Morgan fingerprint density at radius 3 is 2.44 bits per heavy atom. The summed E-state index contributed by atoms with van der Waals surface area (Å²) in [6.45, 7) is 7.22. The van der Waals surface area contributed by atoms with Crippen molar-refractivity contribution in [2.45, 2.75) is 76.9 Å². The first-order valence-corrected chi connectivity index (χ1v) is 13.2. The lowest BCUT2D eigenvalue weighted by molar-refractivity contribution is -0.146. The Labute approximate surface area is 202 Å². The Bertz CT molecular complexity index is 1170. The van der Waals surface area contributed by atoms with Crippen molar-refractivity contribution >= 4 is 11.6 Å². The minimum Gasteiger partial charge on any atom is -0.337 e. The van der Waals surface area contributed by atoms with Gasteiger partial charge in [0.25, 0.3) is 0 Å². The number of pyridine rings is 1. The van der Waals surface area contributed by atoms with Crippen LogP contribution in [0.4, 0.5) is 0 Å². The Balaban J connectivity index is 1.27. The normalized spacial score (nSPS) is 23.4. The molecule has 3 aliphatic heterocycles. The van der Waals surface area contributed by atoms with Gasteiger partial charge in [0.05, 0.1) is 11.4 Å². The summed E-state index contributed by atoms with van der Waals surface area (Å²) in [4.78, 5) is 23.1. The molecule has 3 aromatic rings. The van der Waals surface area contributed by atoms with Gasteiger partial charge in [0.2, 0.25) is 5.91 Å². The van der Waals surface area contributed by atoms with Gasteiger partial charge in [0, 0.05) is 49.4 Å². The number of benzene rings is 1. The highest BCUT2D eigenvalue weighted by Crippen LogP contribution is 2.36. The summed E-state index contributed by atoms with van der Waals surface area (Å²) in [5.74, 6) is 1.24. The third kappa shape index (κ3) is 3.84. The Morgan fingerprint density at radius 2 is 1.74 bits per heavy atom. The van der Waals surface area contributed by atoms with E-state index in [0.717, 1.165) is 50.2 Å². The Morgan fingerprint density at radius 1 is 0.971 bits per heavy atom. The maximum absolute atomic E-state index is 13.2. The fourth-order valence-electron chi connectivity index (χ4n) is 6.43. The Kier molecular flexibility index (Phi) is 5.68. The lowest BCUT2D eigenvalue weighted by atomic mass is 9.89. The first kappa shape index (κ1) is 21.8. The molecule has 1 saturated carbocycles. The second-order valence-electron chi connectivity index (χ2n) is 10.9. The average Bonchev–Trinajstić information content (AvgIpc) is 3.53. The SMILES string of the molecule is CC(C)c1ccc(-c2nc3ccccn3c2CN2CC3CCC2CN3C(=O)C2CCCC2)cc1. The molecule has 5 heteroatoms. The van der Waals surface area contributed by atoms with Crippen LogP contribution in [0, 0.1) is 5.92 Å². The number of imidazole rings is 1. The second kappa shape index (κ2) is 8.84. The minimum atomic E-state index is 0.284. The van der Waals surface area contributed by atoms with E-state index in [-0.39, 0.29) is 5.92 Å². The van der Waals surface area contributed by atoms with E-state index in [1.165, 1.54) is 36.1 Å². The number of aromatic nitrogens is 2. The van der Waals surface area contributed by atoms with Crippen LogP contribution in [-0.2, 0) is 11.3 Å². The van der Waals surface area contributed by atoms with Gasteiger partial charge in [-0.15, -0.1) is 0 Å². The molecule has 0 spiro atoms. The number of amides is 1. The van der Waals surface area contributed by atoms with E-state index < -0.39 is 0 Å². The number of carbonyl (C=O) groups is 1. The van der Waals surface area contributed by atoms with Crippen LogP contribution in [-0.4, -0.2) is 50.3 Å². The summed E-state index contributed by atoms with van der Waals surface area (Å²) >= 11 is 0. The molecule has 7 rings (SSSR count). The molecule has 5 heterocycles. The van der Waals surface area contributed by atoms with E-state index >= 15 is 0 Å². The zero-order valence-electron chi connectivity index (χ0n) is 20.5. The molecular formula is C29H36N4O. The monoisotopic (exact) mass is 456 g/mol. The zero-order chi connectivity index (χ0) is 23.2. The fourth-order valence-corrected chi connectivity index (χ4v) is 6.43. The van der Waals surface area contributed by atoms with Gasteiger partial charge in [-0.25, -0.2) is 4.98 Å². The van der Waals surface area contributed by atoms with Crippen molar-refractivity contribution in [2.75, 3.05) is 13.1 Å². The highest BCUT2D eigenvalue weighted by Gasteiger charge is 2.43. The van der Waals surface area contributed by atoms with Crippen LogP contribution >= 0.6 is 0 Å². The third-order valence-electron chi connectivity index (χ3n) is 8.46. The second-order valence-corrected chi connectivity index (χ2v) is 10.9. The van der Waals surface area contributed by atoms with Gasteiger partial charge in [-0.2, -0.15) is 0 Å². The average molecular weight is 457 g/mol. The number of fused-ring (bicyclic) bond motifs is 4. The van der Waals surface area contributed by atoms with Gasteiger partial charge in [-0.1, -0.05) is 57.0 Å². The molecule has 0 N–H and O–H groups in total. The molecule has 1 amide bonds. The molecule has 178 valence electrons. The van der Waals surface area contributed by atoms with Crippen LogP contribution < -0.4 is 0 Å². The number of nitrogens with zero attached hydrogens (tertiary/aromatic N) is 4. The molecule has 2 unspecified atom stereocenters. The minimum absolute atomic E-state index is 0.284. The highest BCUT2D eigenvalue weighted by atomic mass is 16.2. The van der Waals surface area contributed by atoms with Crippen LogP contribution in [0.15, 0.2) is 48.7 Å². The van der Waals surface area contributed by atoms with Crippen molar-refractivity contribution in [1.82, 2.24) is 19.2 Å². The van der Waals surface area contributed by atoms with E-state index in [2.05, 4.69) is 76.7 Å². The van der Waals surface area contributed by atoms with Crippen molar-refractivity contribution in [3.05, 3.63) is 59.9 Å². The molecule has 2 bridgehead atoms. The van der Waals surface area contributed by atoms with Crippen molar-refractivity contribution in [1.29, 1.82) is 0 Å². The van der Waals surface area contributed by atoms with Crippen LogP contribution in [0.3, 0.4) is 0 Å². The van der Waals surface area contributed by atoms with E-state index in [0.29, 0.717) is 23.9 Å². The van der Waals surface area contributed by atoms with Crippen molar-refractivity contribution < 1.29 is 4.79 Å². The van der Waals surface area contributed by atoms with Crippen LogP contribution in [0.2, 0.25) is 0 Å². The largest absolute Gasteiger partial charge is 0.337 e. The number of piperazine rings is 1. The molecular weight excluding hydrogens is 420 g/mol. The lowest BCUT2D eigenvalue weighted by Crippen LogP contribution is -2.64. The topological polar surface area (TPSA) is 40.9 Å². The molecule has 2 aromatic heterocycles. The predicted molar refractivity (Wildman–Crippen MR) is 136 cm³/mol. The van der Waals surface area contributed by atoms with Crippen LogP contribution in [0.25, 0.3) is 16.9 Å². The fraction of sp³-hybridized carbons (Fsp3) is 0.517. The first-order chi connectivity index (χ1) is 16.6. The first-order valence-electron chi connectivity index (χ1n) is 13.2. The third-order valence-corrected chi connectivity index (χ3v) is 8.46. The molecule has 2 atom stereocenters. The molecule has 3 saturated heterocycles. The summed E-state index contributed by atoms with van der Waals surface area (Å²) < 4.78 is 2.26. The molecule has 4 aliphatic rings.